The summed E-state index contributed by atoms with van der Waals surface area (Å²) in [5.41, 5.74) is 2.99. The lowest BCUT2D eigenvalue weighted by atomic mass is 9.79. The summed E-state index contributed by atoms with van der Waals surface area (Å²) in [4.78, 5) is 32.5. The van der Waals surface area contributed by atoms with Crippen molar-refractivity contribution >= 4 is 17.6 Å². The first kappa shape index (κ1) is 19.6. The highest BCUT2D eigenvalue weighted by atomic mass is 16.5. The summed E-state index contributed by atoms with van der Waals surface area (Å²) in [6, 6.07) is 18.0. The molecule has 1 N–H and O–H groups in total. The SMILES string of the molecule is COc1ccc([C@H]2[C@H](C(=O)Nc3ncccc3C)c3ccccc3C(=O)N2C)cc1. The van der Waals surface area contributed by atoms with Crippen molar-refractivity contribution in [2.45, 2.75) is 18.9 Å². The molecule has 1 aromatic heterocycles. The Labute approximate surface area is 175 Å². The minimum atomic E-state index is -0.585. The van der Waals surface area contributed by atoms with E-state index < -0.39 is 12.0 Å². The topological polar surface area (TPSA) is 71.5 Å². The molecule has 3 aromatic rings. The number of benzene rings is 2. The van der Waals surface area contributed by atoms with E-state index in [1.54, 1.807) is 31.3 Å². The van der Waals surface area contributed by atoms with E-state index in [0.29, 0.717) is 22.7 Å². The second-order valence-corrected chi connectivity index (χ2v) is 7.36. The van der Waals surface area contributed by atoms with E-state index in [-0.39, 0.29) is 11.8 Å². The number of pyridine rings is 1. The molecule has 2 heterocycles. The predicted octanol–water partition coefficient (Wildman–Crippen LogP) is 3.95. The summed E-state index contributed by atoms with van der Waals surface area (Å²) in [5.74, 6) is 0.342. The van der Waals surface area contributed by atoms with Gasteiger partial charge in [-0.05, 0) is 47.9 Å². The summed E-state index contributed by atoms with van der Waals surface area (Å²) >= 11 is 0. The van der Waals surface area contributed by atoms with Crippen molar-refractivity contribution in [3.05, 3.63) is 89.1 Å². The van der Waals surface area contributed by atoms with Crippen LogP contribution in [0.5, 0.6) is 5.75 Å². The zero-order chi connectivity index (χ0) is 21.3. The summed E-state index contributed by atoms with van der Waals surface area (Å²) in [6.45, 7) is 1.90. The molecule has 1 aliphatic rings. The minimum Gasteiger partial charge on any atom is -0.497 e. The molecule has 152 valence electrons. The van der Waals surface area contributed by atoms with Crippen molar-refractivity contribution in [3.8, 4) is 5.75 Å². The zero-order valence-corrected chi connectivity index (χ0v) is 17.1. The molecule has 0 unspecified atom stereocenters. The molecule has 6 heteroatoms. The van der Waals surface area contributed by atoms with Gasteiger partial charge in [-0.25, -0.2) is 4.98 Å². The van der Waals surface area contributed by atoms with E-state index in [0.717, 1.165) is 11.1 Å². The number of hydrogen-bond donors (Lipinski definition) is 1. The van der Waals surface area contributed by atoms with Gasteiger partial charge in [0.15, 0.2) is 0 Å². The lowest BCUT2D eigenvalue weighted by Crippen LogP contribution is -2.44. The molecule has 2 aromatic carbocycles. The molecule has 0 bridgehead atoms. The quantitative estimate of drug-likeness (QED) is 0.719. The van der Waals surface area contributed by atoms with Crippen molar-refractivity contribution in [1.82, 2.24) is 9.88 Å². The molecule has 0 fully saturated rings. The van der Waals surface area contributed by atoms with Crippen molar-refractivity contribution in [1.29, 1.82) is 0 Å². The van der Waals surface area contributed by atoms with Gasteiger partial charge in [0.1, 0.15) is 11.6 Å². The van der Waals surface area contributed by atoms with Gasteiger partial charge in [0.2, 0.25) is 5.91 Å². The van der Waals surface area contributed by atoms with Crippen LogP contribution in [0.2, 0.25) is 0 Å². The maximum atomic E-state index is 13.5. The fourth-order valence-electron chi connectivity index (χ4n) is 3.99. The summed E-state index contributed by atoms with van der Waals surface area (Å²) < 4.78 is 5.26. The van der Waals surface area contributed by atoms with Gasteiger partial charge in [0.25, 0.3) is 5.91 Å². The standard InChI is InChI=1S/C24H23N3O3/c1-15-7-6-14-25-22(15)26-23(28)20-18-8-4-5-9-19(18)24(29)27(2)21(20)16-10-12-17(30-3)13-11-16/h4-14,20-21H,1-3H3,(H,25,26,28)/t20-,21+/m1/s1. The maximum absolute atomic E-state index is 13.5. The highest BCUT2D eigenvalue weighted by Crippen LogP contribution is 2.42. The first-order valence-electron chi connectivity index (χ1n) is 9.73. The third-order valence-corrected chi connectivity index (χ3v) is 5.57. The Kier molecular flexibility index (Phi) is 5.23. The van der Waals surface area contributed by atoms with Crippen molar-refractivity contribution in [2.75, 3.05) is 19.5 Å². The molecule has 6 nitrogen and oxygen atoms in total. The number of likely N-dealkylation sites (N-methyl/N-ethyl adjacent to an activating group) is 1. The second-order valence-electron chi connectivity index (χ2n) is 7.36. The average molecular weight is 401 g/mol. The number of nitrogens with one attached hydrogen (secondary N) is 1. The van der Waals surface area contributed by atoms with Crippen molar-refractivity contribution < 1.29 is 14.3 Å². The molecule has 0 aliphatic carbocycles. The smallest absolute Gasteiger partial charge is 0.254 e. The number of methoxy groups -OCH3 is 1. The number of nitrogens with zero attached hydrogens (tertiary/aromatic N) is 2. The molecule has 0 saturated heterocycles. The first-order chi connectivity index (χ1) is 14.5. The van der Waals surface area contributed by atoms with Crippen LogP contribution in [0, 0.1) is 6.92 Å². The van der Waals surface area contributed by atoms with Crippen LogP contribution >= 0.6 is 0 Å². The van der Waals surface area contributed by atoms with E-state index in [1.807, 2.05) is 61.5 Å². The Hall–Kier alpha value is -3.67. The van der Waals surface area contributed by atoms with E-state index in [4.69, 9.17) is 4.74 Å². The number of aromatic nitrogens is 1. The van der Waals surface area contributed by atoms with Gasteiger partial charge in [0.05, 0.1) is 19.1 Å². The van der Waals surface area contributed by atoms with Gasteiger partial charge < -0.3 is 15.0 Å². The number of carbonyl (C=O) groups excluding carboxylic acids is 2. The van der Waals surface area contributed by atoms with Gasteiger partial charge in [-0.15, -0.1) is 0 Å². The normalized spacial score (nSPS) is 18.0. The van der Waals surface area contributed by atoms with Crippen LogP contribution in [0.15, 0.2) is 66.9 Å². The van der Waals surface area contributed by atoms with Crippen LogP contribution in [0.1, 0.15) is 39.0 Å². The molecular formula is C24H23N3O3. The third kappa shape index (κ3) is 3.41. The number of hydrogen-bond acceptors (Lipinski definition) is 4. The van der Waals surface area contributed by atoms with E-state index in [2.05, 4.69) is 10.3 Å². The Bertz CT molecular complexity index is 1090. The molecular weight excluding hydrogens is 378 g/mol. The summed E-state index contributed by atoms with van der Waals surface area (Å²) in [6.07, 6.45) is 1.65. The van der Waals surface area contributed by atoms with Crippen LogP contribution in [0.25, 0.3) is 0 Å². The molecule has 2 atom stereocenters. The lowest BCUT2D eigenvalue weighted by Gasteiger charge is -2.39. The van der Waals surface area contributed by atoms with Crippen LogP contribution < -0.4 is 10.1 Å². The number of anilines is 1. The Morgan fingerprint density at radius 2 is 1.80 bits per heavy atom. The van der Waals surface area contributed by atoms with Crippen LogP contribution in [-0.4, -0.2) is 35.9 Å². The van der Waals surface area contributed by atoms with Gasteiger partial charge in [-0.1, -0.05) is 36.4 Å². The molecule has 0 saturated carbocycles. The zero-order valence-electron chi connectivity index (χ0n) is 17.1. The van der Waals surface area contributed by atoms with E-state index in [9.17, 15) is 9.59 Å². The number of aryl methyl sites for hydroxylation is 1. The monoisotopic (exact) mass is 401 g/mol. The highest BCUT2D eigenvalue weighted by molar-refractivity contribution is 6.04. The number of rotatable bonds is 4. The fraction of sp³-hybridized carbons (Fsp3) is 0.208. The summed E-state index contributed by atoms with van der Waals surface area (Å²) in [5, 5.41) is 2.97. The van der Waals surface area contributed by atoms with E-state index >= 15 is 0 Å². The number of ether oxygens (including phenoxy) is 1. The largest absolute Gasteiger partial charge is 0.497 e. The van der Waals surface area contributed by atoms with Crippen LogP contribution in [-0.2, 0) is 4.79 Å². The molecule has 2 amide bonds. The van der Waals surface area contributed by atoms with Gasteiger partial charge in [-0.3, -0.25) is 9.59 Å². The number of carbonyl (C=O) groups is 2. The molecule has 0 radical (unpaired) electrons. The number of fused-ring (bicyclic) bond motifs is 1. The van der Waals surface area contributed by atoms with Gasteiger partial charge in [-0.2, -0.15) is 0 Å². The maximum Gasteiger partial charge on any atom is 0.254 e. The average Bonchev–Trinajstić information content (AvgIpc) is 2.77. The fourth-order valence-corrected chi connectivity index (χ4v) is 3.99. The van der Waals surface area contributed by atoms with E-state index in [1.165, 1.54) is 0 Å². The van der Waals surface area contributed by atoms with Crippen molar-refractivity contribution in [3.63, 3.8) is 0 Å². The summed E-state index contributed by atoms with van der Waals surface area (Å²) in [7, 11) is 3.34. The Balaban J connectivity index is 1.80. The molecule has 30 heavy (non-hydrogen) atoms. The van der Waals surface area contributed by atoms with Crippen molar-refractivity contribution in [2.24, 2.45) is 0 Å². The molecule has 1 aliphatic heterocycles. The minimum absolute atomic E-state index is 0.107. The van der Waals surface area contributed by atoms with Gasteiger partial charge >= 0.3 is 0 Å². The Morgan fingerprint density at radius 3 is 2.50 bits per heavy atom. The highest BCUT2D eigenvalue weighted by Gasteiger charge is 2.42. The predicted molar refractivity (Wildman–Crippen MR) is 115 cm³/mol. The third-order valence-electron chi connectivity index (χ3n) is 5.57. The van der Waals surface area contributed by atoms with Gasteiger partial charge in [0, 0.05) is 18.8 Å². The number of amides is 2. The first-order valence-corrected chi connectivity index (χ1v) is 9.73. The molecule has 4 rings (SSSR count). The molecule has 0 spiro atoms. The lowest BCUT2D eigenvalue weighted by molar-refractivity contribution is -0.119. The van der Waals surface area contributed by atoms with Crippen LogP contribution in [0.4, 0.5) is 5.82 Å². The van der Waals surface area contributed by atoms with Crippen LogP contribution in [0.3, 0.4) is 0 Å². The Morgan fingerprint density at radius 1 is 1.07 bits per heavy atom. The second kappa shape index (κ2) is 7.99.